The number of aromatic nitrogens is 1. The summed E-state index contributed by atoms with van der Waals surface area (Å²) in [5, 5.41) is 3.63. The molecule has 0 saturated heterocycles. The number of carbonyl (C=O) groups excluding carboxylic acids is 1. The number of ether oxygens (including phenoxy) is 3. The van der Waals surface area contributed by atoms with Crippen molar-refractivity contribution in [3.8, 4) is 17.2 Å². The minimum Gasteiger partial charge on any atom is -0.494 e. The summed E-state index contributed by atoms with van der Waals surface area (Å²) in [5.41, 5.74) is 1.80. The zero-order chi connectivity index (χ0) is 17.2. The fourth-order valence-electron chi connectivity index (χ4n) is 2.83. The molecule has 0 atom stereocenters. The highest BCUT2D eigenvalue weighted by atomic mass is 16.6. The predicted octanol–water partition coefficient (Wildman–Crippen LogP) is 3.27. The molecular formula is C19H16N2O4. The highest BCUT2D eigenvalue weighted by Crippen LogP contribution is 2.33. The van der Waals surface area contributed by atoms with Gasteiger partial charge in [0.1, 0.15) is 13.2 Å². The normalized spacial score (nSPS) is 12.7. The lowest BCUT2D eigenvalue weighted by Gasteiger charge is -2.19. The van der Waals surface area contributed by atoms with Crippen molar-refractivity contribution < 1.29 is 19.0 Å². The van der Waals surface area contributed by atoms with Crippen LogP contribution in [0.25, 0.3) is 10.9 Å². The number of nitrogens with one attached hydrogen (secondary N) is 1. The zero-order valence-electron chi connectivity index (χ0n) is 13.6. The number of anilines is 1. The van der Waals surface area contributed by atoms with Crippen molar-refractivity contribution in [3.63, 3.8) is 0 Å². The molecule has 0 spiro atoms. The highest BCUT2D eigenvalue weighted by molar-refractivity contribution is 6.14. The molecule has 1 aliphatic rings. The Balaban J connectivity index is 1.70. The summed E-state index contributed by atoms with van der Waals surface area (Å²) in [6.45, 7) is 1.02. The van der Waals surface area contributed by atoms with Crippen LogP contribution in [0.15, 0.2) is 48.7 Å². The maximum atomic E-state index is 12.9. The number of pyridine rings is 1. The Bertz CT molecular complexity index is 955. The van der Waals surface area contributed by atoms with E-state index < -0.39 is 0 Å². The summed E-state index contributed by atoms with van der Waals surface area (Å²) in [6, 6.07) is 12.8. The van der Waals surface area contributed by atoms with Crippen LogP contribution in [0, 0.1) is 0 Å². The second-order valence-corrected chi connectivity index (χ2v) is 5.53. The molecule has 3 aromatic rings. The molecule has 1 amide bonds. The van der Waals surface area contributed by atoms with E-state index >= 15 is 0 Å². The molecule has 0 unspecified atom stereocenters. The van der Waals surface area contributed by atoms with E-state index in [1.54, 1.807) is 24.4 Å². The number of hydrogen-bond donors (Lipinski definition) is 1. The third-order valence-corrected chi connectivity index (χ3v) is 3.99. The molecule has 0 radical (unpaired) electrons. The van der Waals surface area contributed by atoms with Gasteiger partial charge in [-0.3, -0.25) is 9.78 Å². The van der Waals surface area contributed by atoms with Crippen LogP contribution < -0.4 is 19.5 Å². The van der Waals surface area contributed by atoms with E-state index in [9.17, 15) is 4.79 Å². The van der Waals surface area contributed by atoms with Crippen molar-refractivity contribution in [2.45, 2.75) is 0 Å². The van der Waals surface area contributed by atoms with E-state index in [0.717, 1.165) is 10.9 Å². The molecule has 0 bridgehead atoms. The number of methoxy groups -OCH3 is 1. The maximum absolute atomic E-state index is 12.9. The van der Waals surface area contributed by atoms with Gasteiger partial charge >= 0.3 is 0 Å². The number of nitrogens with zero attached hydrogens (tertiary/aromatic N) is 1. The predicted molar refractivity (Wildman–Crippen MR) is 93.7 cm³/mol. The Kier molecular flexibility index (Phi) is 3.85. The third-order valence-electron chi connectivity index (χ3n) is 3.99. The quantitative estimate of drug-likeness (QED) is 0.795. The number of para-hydroxylation sites is 1. The Hall–Kier alpha value is -3.28. The van der Waals surface area contributed by atoms with Gasteiger partial charge in [-0.15, -0.1) is 0 Å². The van der Waals surface area contributed by atoms with E-state index in [0.29, 0.717) is 41.7 Å². The molecule has 6 nitrogen and oxygen atoms in total. The molecule has 25 heavy (non-hydrogen) atoms. The van der Waals surface area contributed by atoms with Crippen LogP contribution in [0.2, 0.25) is 0 Å². The van der Waals surface area contributed by atoms with E-state index in [2.05, 4.69) is 10.3 Å². The smallest absolute Gasteiger partial charge is 0.260 e. The van der Waals surface area contributed by atoms with Gasteiger partial charge in [0.25, 0.3) is 5.91 Å². The summed E-state index contributed by atoms with van der Waals surface area (Å²) in [5.74, 6) is 1.45. The summed E-state index contributed by atoms with van der Waals surface area (Å²) >= 11 is 0. The number of benzene rings is 2. The van der Waals surface area contributed by atoms with Gasteiger partial charge in [-0.25, -0.2) is 0 Å². The topological polar surface area (TPSA) is 69.7 Å². The van der Waals surface area contributed by atoms with Crippen LogP contribution in [0.5, 0.6) is 17.2 Å². The van der Waals surface area contributed by atoms with Crippen LogP contribution >= 0.6 is 0 Å². The molecule has 2 aromatic carbocycles. The Morgan fingerprint density at radius 2 is 1.92 bits per heavy atom. The molecule has 0 aliphatic carbocycles. The minimum absolute atomic E-state index is 0.271. The Morgan fingerprint density at radius 1 is 1.12 bits per heavy atom. The Morgan fingerprint density at radius 3 is 2.76 bits per heavy atom. The molecule has 0 fully saturated rings. The van der Waals surface area contributed by atoms with Crippen molar-refractivity contribution >= 4 is 22.5 Å². The molecular weight excluding hydrogens is 320 g/mol. The molecule has 6 heteroatoms. The number of amides is 1. The largest absolute Gasteiger partial charge is 0.494 e. The number of fused-ring (bicyclic) bond motifs is 2. The lowest BCUT2D eigenvalue weighted by molar-refractivity contribution is 0.102. The molecule has 1 aliphatic heterocycles. The van der Waals surface area contributed by atoms with Crippen LogP contribution in [-0.2, 0) is 0 Å². The number of rotatable bonds is 3. The van der Waals surface area contributed by atoms with Gasteiger partial charge in [0.05, 0.1) is 24.4 Å². The average molecular weight is 336 g/mol. The Labute approximate surface area is 144 Å². The van der Waals surface area contributed by atoms with Gasteiger partial charge < -0.3 is 19.5 Å². The van der Waals surface area contributed by atoms with Gasteiger partial charge in [-0.05, 0) is 18.2 Å². The van der Waals surface area contributed by atoms with E-state index in [-0.39, 0.29) is 5.91 Å². The van der Waals surface area contributed by atoms with Gasteiger partial charge in [-0.1, -0.05) is 18.2 Å². The second kappa shape index (κ2) is 6.32. The standard InChI is InChI=1S/C19H16N2O4/c1-23-17-11-20-14-5-3-2-4-13(14)18(17)19(22)21-12-6-7-15-16(10-12)25-9-8-24-15/h2-7,10-11H,8-9H2,1H3,(H,21,22). The average Bonchev–Trinajstić information content (AvgIpc) is 2.66. The van der Waals surface area contributed by atoms with E-state index in [1.807, 2.05) is 24.3 Å². The van der Waals surface area contributed by atoms with Crippen molar-refractivity contribution in [3.05, 3.63) is 54.2 Å². The molecule has 1 aromatic heterocycles. The first-order valence-corrected chi connectivity index (χ1v) is 7.89. The van der Waals surface area contributed by atoms with E-state index in [1.165, 1.54) is 7.11 Å². The van der Waals surface area contributed by atoms with Crippen molar-refractivity contribution in [2.24, 2.45) is 0 Å². The van der Waals surface area contributed by atoms with Crippen LogP contribution in [0.3, 0.4) is 0 Å². The van der Waals surface area contributed by atoms with E-state index in [4.69, 9.17) is 14.2 Å². The van der Waals surface area contributed by atoms with Crippen molar-refractivity contribution in [2.75, 3.05) is 25.6 Å². The highest BCUT2D eigenvalue weighted by Gasteiger charge is 2.18. The third kappa shape index (κ3) is 2.82. The fraction of sp³-hybridized carbons (Fsp3) is 0.158. The number of hydrogen-bond acceptors (Lipinski definition) is 5. The summed E-state index contributed by atoms with van der Waals surface area (Å²) in [7, 11) is 1.52. The van der Waals surface area contributed by atoms with Crippen LogP contribution in [0.1, 0.15) is 10.4 Å². The van der Waals surface area contributed by atoms with Gasteiger partial charge in [-0.2, -0.15) is 0 Å². The fourth-order valence-corrected chi connectivity index (χ4v) is 2.83. The van der Waals surface area contributed by atoms with Gasteiger partial charge in [0.15, 0.2) is 17.2 Å². The molecule has 4 rings (SSSR count). The molecule has 1 N–H and O–H groups in total. The van der Waals surface area contributed by atoms with Crippen LogP contribution in [0.4, 0.5) is 5.69 Å². The van der Waals surface area contributed by atoms with Crippen LogP contribution in [-0.4, -0.2) is 31.2 Å². The first-order chi connectivity index (χ1) is 12.3. The molecule has 126 valence electrons. The monoisotopic (exact) mass is 336 g/mol. The summed E-state index contributed by atoms with van der Waals surface area (Å²) in [4.78, 5) is 17.2. The lowest BCUT2D eigenvalue weighted by atomic mass is 10.1. The minimum atomic E-state index is -0.271. The zero-order valence-corrected chi connectivity index (χ0v) is 13.6. The SMILES string of the molecule is COc1cnc2ccccc2c1C(=O)Nc1ccc2c(c1)OCCO2. The van der Waals surface area contributed by atoms with Gasteiger partial charge in [0.2, 0.25) is 0 Å². The first-order valence-electron chi connectivity index (χ1n) is 7.89. The first kappa shape index (κ1) is 15.3. The maximum Gasteiger partial charge on any atom is 0.260 e. The van der Waals surface area contributed by atoms with Crippen molar-refractivity contribution in [1.29, 1.82) is 0 Å². The second-order valence-electron chi connectivity index (χ2n) is 5.53. The summed E-state index contributed by atoms with van der Waals surface area (Å²) < 4.78 is 16.4. The molecule has 0 saturated carbocycles. The number of carbonyl (C=O) groups is 1. The molecule has 2 heterocycles. The lowest BCUT2D eigenvalue weighted by Crippen LogP contribution is -2.17. The van der Waals surface area contributed by atoms with Crippen molar-refractivity contribution in [1.82, 2.24) is 4.98 Å². The van der Waals surface area contributed by atoms with Gasteiger partial charge in [0, 0.05) is 17.1 Å². The summed E-state index contributed by atoms with van der Waals surface area (Å²) in [6.07, 6.45) is 1.56.